The predicted molar refractivity (Wildman–Crippen MR) is 61.3 cm³/mol. The number of rotatable bonds is 3. The molecule has 0 radical (unpaired) electrons. The molecule has 0 aliphatic carbocycles. The van der Waals surface area contributed by atoms with Gasteiger partial charge in [-0.2, -0.15) is 0 Å². The normalized spacial score (nSPS) is 10.1. The minimum absolute atomic E-state index is 0.299. The zero-order valence-corrected chi connectivity index (χ0v) is 9.09. The number of methoxy groups -OCH3 is 1. The van der Waals surface area contributed by atoms with Crippen LogP contribution in [0.3, 0.4) is 0 Å². The van der Waals surface area contributed by atoms with Gasteiger partial charge in [-0.3, -0.25) is 0 Å². The molecule has 0 aliphatic rings. The average molecular weight is 215 g/mol. The smallest absolute Gasteiger partial charge is 0.339 e. The van der Waals surface area contributed by atoms with Crippen molar-refractivity contribution >= 4 is 5.97 Å². The van der Waals surface area contributed by atoms with Crippen LogP contribution >= 0.6 is 0 Å². The van der Waals surface area contributed by atoms with Crippen LogP contribution in [0.4, 0.5) is 0 Å². The molecule has 82 valence electrons. The summed E-state index contributed by atoms with van der Waals surface area (Å²) in [5.74, 6) is -0.299. The molecule has 2 aromatic rings. The lowest BCUT2D eigenvalue weighted by Gasteiger charge is -2.02. The zero-order chi connectivity index (χ0) is 11.4. The van der Waals surface area contributed by atoms with Gasteiger partial charge >= 0.3 is 5.97 Å². The summed E-state index contributed by atoms with van der Waals surface area (Å²) in [7, 11) is 1.39. The molecule has 0 saturated carbocycles. The summed E-state index contributed by atoms with van der Waals surface area (Å²) in [5.41, 5.74) is 1.79. The van der Waals surface area contributed by atoms with Crippen LogP contribution in [0.5, 0.6) is 0 Å². The van der Waals surface area contributed by atoms with Crippen LogP contribution in [0.2, 0.25) is 0 Å². The molecule has 1 heterocycles. The van der Waals surface area contributed by atoms with Gasteiger partial charge in [0.25, 0.3) is 0 Å². The van der Waals surface area contributed by atoms with E-state index in [9.17, 15) is 4.79 Å². The van der Waals surface area contributed by atoms with Gasteiger partial charge in [-0.1, -0.05) is 30.3 Å². The quantitative estimate of drug-likeness (QED) is 0.736. The molecular weight excluding hydrogens is 202 g/mol. The van der Waals surface area contributed by atoms with E-state index in [4.69, 9.17) is 0 Å². The van der Waals surface area contributed by atoms with E-state index in [1.165, 1.54) is 12.7 Å². The first-order valence-corrected chi connectivity index (χ1v) is 5.07. The molecule has 3 heteroatoms. The Balaban J connectivity index is 2.12. The molecule has 1 aromatic carbocycles. The largest absolute Gasteiger partial charge is 0.465 e. The number of esters is 1. The number of hydrogen-bond donors (Lipinski definition) is 0. The van der Waals surface area contributed by atoms with Crippen LogP contribution < -0.4 is 0 Å². The summed E-state index contributed by atoms with van der Waals surface area (Å²) < 4.78 is 6.61. The highest BCUT2D eigenvalue weighted by molar-refractivity contribution is 5.89. The van der Waals surface area contributed by atoms with Gasteiger partial charge < -0.3 is 9.30 Å². The first-order valence-electron chi connectivity index (χ1n) is 5.07. The maximum atomic E-state index is 11.2. The number of nitrogens with zero attached hydrogens (tertiary/aromatic N) is 1. The number of carbonyl (C=O) groups excluding carboxylic acids is 1. The maximum absolute atomic E-state index is 11.2. The lowest BCUT2D eigenvalue weighted by atomic mass is 10.2. The van der Waals surface area contributed by atoms with E-state index in [1.807, 2.05) is 29.0 Å². The zero-order valence-electron chi connectivity index (χ0n) is 9.09. The fraction of sp³-hybridized carbons (Fsp3) is 0.154. The molecular formula is C13H13NO2. The van der Waals surface area contributed by atoms with E-state index in [1.54, 1.807) is 12.3 Å². The van der Waals surface area contributed by atoms with Gasteiger partial charge in [0.05, 0.1) is 12.7 Å². The monoisotopic (exact) mass is 215 g/mol. The fourth-order valence-corrected chi connectivity index (χ4v) is 1.57. The molecule has 0 saturated heterocycles. The number of benzene rings is 1. The lowest BCUT2D eigenvalue weighted by Crippen LogP contribution is -2.00. The molecule has 1 aromatic heterocycles. The Kier molecular flexibility index (Phi) is 3.05. The van der Waals surface area contributed by atoms with E-state index in [0.717, 1.165) is 6.54 Å². The summed E-state index contributed by atoms with van der Waals surface area (Å²) in [6, 6.07) is 11.9. The second-order valence-electron chi connectivity index (χ2n) is 3.55. The number of hydrogen-bond acceptors (Lipinski definition) is 2. The van der Waals surface area contributed by atoms with E-state index in [-0.39, 0.29) is 5.97 Å². The molecule has 0 fully saturated rings. The molecule has 0 atom stereocenters. The first-order chi connectivity index (χ1) is 7.79. The highest BCUT2D eigenvalue weighted by atomic mass is 16.5. The van der Waals surface area contributed by atoms with Crippen LogP contribution in [0.15, 0.2) is 48.8 Å². The number of ether oxygens (including phenoxy) is 1. The summed E-state index contributed by atoms with van der Waals surface area (Å²) in [6.45, 7) is 0.762. The van der Waals surface area contributed by atoms with Gasteiger partial charge in [0.15, 0.2) is 0 Å². The SMILES string of the molecule is COC(=O)c1ccn(Cc2ccccc2)c1. The Morgan fingerprint density at radius 2 is 2.00 bits per heavy atom. The van der Waals surface area contributed by atoms with Crippen molar-refractivity contribution in [2.75, 3.05) is 7.11 Å². The van der Waals surface area contributed by atoms with Gasteiger partial charge in [-0.15, -0.1) is 0 Å². The average Bonchev–Trinajstić information content (AvgIpc) is 2.78. The van der Waals surface area contributed by atoms with Crippen LogP contribution in [0.1, 0.15) is 15.9 Å². The van der Waals surface area contributed by atoms with Crippen molar-refractivity contribution in [3.8, 4) is 0 Å². The number of carbonyl (C=O) groups is 1. The van der Waals surface area contributed by atoms with Crippen LogP contribution in [0.25, 0.3) is 0 Å². The van der Waals surface area contributed by atoms with Crippen molar-refractivity contribution in [1.29, 1.82) is 0 Å². The Morgan fingerprint density at radius 1 is 1.25 bits per heavy atom. The van der Waals surface area contributed by atoms with Crippen molar-refractivity contribution in [2.24, 2.45) is 0 Å². The third kappa shape index (κ3) is 2.31. The molecule has 0 unspecified atom stereocenters. The highest BCUT2D eigenvalue weighted by Gasteiger charge is 2.06. The Hall–Kier alpha value is -2.03. The topological polar surface area (TPSA) is 31.2 Å². The van der Waals surface area contributed by atoms with E-state index in [2.05, 4.69) is 16.9 Å². The maximum Gasteiger partial charge on any atom is 0.339 e. The number of aromatic nitrogens is 1. The molecule has 0 N–H and O–H groups in total. The van der Waals surface area contributed by atoms with Crippen molar-refractivity contribution in [2.45, 2.75) is 6.54 Å². The summed E-state index contributed by atoms with van der Waals surface area (Å²) in [5, 5.41) is 0. The minimum Gasteiger partial charge on any atom is -0.465 e. The van der Waals surface area contributed by atoms with Crippen molar-refractivity contribution < 1.29 is 9.53 Å². The third-order valence-electron chi connectivity index (χ3n) is 2.38. The summed E-state index contributed by atoms with van der Waals surface area (Å²) in [4.78, 5) is 11.2. The lowest BCUT2D eigenvalue weighted by molar-refractivity contribution is 0.0600. The van der Waals surface area contributed by atoms with Gasteiger partial charge in [0.2, 0.25) is 0 Å². The van der Waals surface area contributed by atoms with Crippen LogP contribution in [-0.4, -0.2) is 17.6 Å². The second-order valence-corrected chi connectivity index (χ2v) is 3.55. The van der Waals surface area contributed by atoms with E-state index in [0.29, 0.717) is 5.56 Å². The standard InChI is InChI=1S/C13H13NO2/c1-16-13(15)12-7-8-14(10-12)9-11-5-3-2-4-6-11/h2-8,10H,9H2,1H3. The molecule has 2 rings (SSSR count). The molecule has 0 amide bonds. The summed E-state index contributed by atoms with van der Waals surface area (Å²) >= 11 is 0. The van der Waals surface area contributed by atoms with E-state index >= 15 is 0 Å². The molecule has 3 nitrogen and oxygen atoms in total. The van der Waals surface area contributed by atoms with Gasteiger partial charge in [0.1, 0.15) is 0 Å². The first kappa shape index (κ1) is 10.5. The minimum atomic E-state index is -0.299. The molecule has 16 heavy (non-hydrogen) atoms. The van der Waals surface area contributed by atoms with Crippen molar-refractivity contribution in [3.63, 3.8) is 0 Å². The summed E-state index contributed by atoms with van der Waals surface area (Å²) in [6.07, 6.45) is 3.66. The van der Waals surface area contributed by atoms with Gasteiger partial charge in [-0.25, -0.2) is 4.79 Å². The fourth-order valence-electron chi connectivity index (χ4n) is 1.57. The third-order valence-corrected chi connectivity index (χ3v) is 2.38. The highest BCUT2D eigenvalue weighted by Crippen LogP contribution is 2.07. The Labute approximate surface area is 94.3 Å². The predicted octanol–water partition coefficient (Wildman–Crippen LogP) is 2.32. The van der Waals surface area contributed by atoms with Gasteiger partial charge in [-0.05, 0) is 11.6 Å². The van der Waals surface area contributed by atoms with Gasteiger partial charge in [0, 0.05) is 18.9 Å². The van der Waals surface area contributed by atoms with Crippen LogP contribution in [-0.2, 0) is 11.3 Å². The van der Waals surface area contributed by atoms with Crippen molar-refractivity contribution in [3.05, 3.63) is 59.9 Å². The molecule has 0 spiro atoms. The Morgan fingerprint density at radius 3 is 2.69 bits per heavy atom. The second kappa shape index (κ2) is 4.66. The van der Waals surface area contributed by atoms with Crippen molar-refractivity contribution in [1.82, 2.24) is 4.57 Å². The Bertz CT molecular complexity index is 474. The molecule has 0 bridgehead atoms. The van der Waals surface area contributed by atoms with Crippen LogP contribution in [0, 0.1) is 0 Å². The van der Waals surface area contributed by atoms with E-state index < -0.39 is 0 Å². The molecule has 0 aliphatic heterocycles.